The van der Waals surface area contributed by atoms with E-state index in [1.54, 1.807) is 5.19 Å². The lowest BCUT2D eigenvalue weighted by atomic mass is 9.92. The van der Waals surface area contributed by atoms with Crippen molar-refractivity contribution in [1.82, 2.24) is 29.9 Å². The molecule has 0 saturated carbocycles. The van der Waals surface area contributed by atoms with Gasteiger partial charge in [-0.3, -0.25) is 0 Å². The highest BCUT2D eigenvalue weighted by Crippen LogP contribution is 2.41. The molecule has 17 aromatic rings. The third-order valence-corrected chi connectivity index (χ3v) is 28.6. The highest BCUT2D eigenvalue weighted by Gasteiger charge is 2.40. The van der Waals surface area contributed by atoms with Gasteiger partial charge in [-0.05, 0) is 139 Å². The zero-order valence-corrected chi connectivity index (χ0v) is 62.5. The predicted molar refractivity (Wildman–Crippen MR) is 455 cm³/mol. The largest absolute Gasteiger partial charge is 0.208 e. The van der Waals surface area contributed by atoms with E-state index in [1.165, 1.54) is 82.3 Å². The Hall–Kier alpha value is -13.2. The molecule has 6 nitrogen and oxygen atoms in total. The van der Waals surface area contributed by atoms with Crippen LogP contribution >= 0.6 is 0 Å². The van der Waals surface area contributed by atoms with Gasteiger partial charge in [0.2, 0.25) is 0 Å². The Morgan fingerprint density at radius 2 is 0.352 bits per heavy atom. The topological polar surface area (TPSA) is 77.3 Å². The maximum absolute atomic E-state index is 5.05. The van der Waals surface area contributed by atoms with Gasteiger partial charge in [-0.15, -0.1) is 0 Å². The average Bonchev–Trinajstić information content (AvgIpc) is 1.58. The van der Waals surface area contributed by atoms with Crippen molar-refractivity contribution in [3.63, 3.8) is 0 Å². The number of nitrogens with zero attached hydrogens (tertiary/aromatic N) is 6. The molecule has 0 spiro atoms. The summed E-state index contributed by atoms with van der Waals surface area (Å²) in [5.41, 5.74) is 28.2. The van der Waals surface area contributed by atoms with E-state index >= 15 is 0 Å². The first-order valence-electron chi connectivity index (χ1n) is 37.0. The maximum atomic E-state index is 5.05. The summed E-state index contributed by atoms with van der Waals surface area (Å²) in [7, 11) is -3.46. The summed E-state index contributed by atoms with van der Waals surface area (Å²) in [6.45, 7) is 9.90. The molecular weight excluding hydrogens is 1340 g/mol. The molecule has 0 atom stereocenters. The van der Waals surface area contributed by atoms with Crippen LogP contribution in [0, 0.1) is 0 Å². The molecule has 2 aliphatic rings. The maximum Gasteiger partial charge on any atom is 0.164 e. The molecular formula is C100H74N6Si2. The van der Waals surface area contributed by atoms with E-state index in [1.807, 2.05) is 97.1 Å². The molecule has 0 amide bonds. The van der Waals surface area contributed by atoms with E-state index in [-0.39, 0.29) is 0 Å². The van der Waals surface area contributed by atoms with Crippen molar-refractivity contribution in [2.24, 2.45) is 0 Å². The zero-order valence-electron chi connectivity index (χ0n) is 60.5. The minimum atomic E-state index is -1.76. The number of fused-ring (bicyclic) bond motifs is 6. The fraction of sp³-hybridized carbons (Fsp3) is 0.0400. The summed E-state index contributed by atoms with van der Waals surface area (Å²) in [6, 6.07) is 134. The summed E-state index contributed by atoms with van der Waals surface area (Å²) in [5.74, 6) is 3.92. The fourth-order valence-corrected chi connectivity index (χ4v) is 22.0. The molecule has 2 aliphatic heterocycles. The SMILES string of the molecule is C[Si]1(C)c2ccccc2-c2c(-c3ccc(-c4ccc(-c5ccc(-c6nc(-c7ccccc7)nc(-c7ccccc7)n6)cc5)cc4)cc3)cccc21.C[Si]1(C)c2ccccc2-c2c(-c3cccc(-c4cccc(-c5ccc(-c6nc(-c7ccccc7)nc(-c7cccc(-c8ccccc8)c7)n6)cc5)c4)c3)cccc21. The number of benzene rings is 15. The highest BCUT2D eigenvalue weighted by molar-refractivity contribution is 7.04. The quantitative estimate of drug-likeness (QED) is 0.107. The van der Waals surface area contributed by atoms with Crippen LogP contribution in [0.1, 0.15) is 0 Å². The summed E-state index contributed by atoms with van der Waals surface area (Å²) in [6.07, 6.45) is 0. The van der Waals surface area contributed by atoms with Crippen LogP contribution < -0.4 is 20.7 Å². The number of aromatic nitrogens is 6. The van der Waals surface area contributed by atoms with Gasteiger partial charge >= 0.3 is 0 Å². The second-order valence-electron chi connectivity index (χ2n) is 28.9. The fourth-order valence-electron chi connectivity index (χ4n) is 15.8. The van der Waals surface area contributed by atoms with Gasteiger partial charge in [0.05, 0.1) is 0 Å². The van der Waals surface area contributed by atoms with Crippen molar-refractivity contribution in [2.45, 2.75) is 26.2 Å². The number of rotatable bonds is 13. The van der Waals surface area contributed by atoms with Crippen LogP contribution in [0.5, 0.6) is 0 Å². The molecule has 2 aromatic heterocycles. The molecule has 108 heavy (non-hydrogen) atoms. The minimum absolute atomic E-state index is 0.641. The molecule has 0 saturated heterocycles. The first kappa shape index (κ1) is 66.7. The average molecular weight is 1420 g/mol. The Morgan fingerprint density at radius 3 is 0.731 bits per heavy atom. The summed E-state index contributed by atoms with van der Waals surface area (Å²) in [5, 5.41) is 6.14. The number of hydrogen-bond donors (Lipinski definition) is 0. The Balaban J connectivity index is 0.000000153. The van der Waals surface area contributed by atoms with E-state index in [0.29, 0.717) is 34.9 Å². The van der Waals surface area contributed by atoms with Crippen molar-refractivity contribution >= 4 is 36.9 Å². The van der Waals surface area contributed by atoms with Crippen molar-refractivity contribution in [3.8, 4) is 168 Å². The monoisotopic (exact) mass is 1410 g/mol. The van der Waals surface area contributed by atoms with Crippen LogP contribution in [0.15, 0.2) is 376 Å². The van der Waals surface area contributed by atoms with Crippen LogP contribution in [-0.2, 0) is 0 Å². The van der Waals surface area contributed by atoms with Gasteiger partial charge < -0.3 is 0 Å². The van der Waals surface area contributed by atoms with Gasteiger partial charge in [0.1, 0.15) is 16.1 Å². The molecule has 0 aliphatic carbocycles. The van der Waals surface area contributed by atoms with Gasteiger partial charge in [-0.25, -0.2) is 29.9 Å². The normalized spacial score (nSPS) is 12.6. The van der Waals surface area contributed by atoms with Crippen LogP contribution in [0.25, 0.3) is 168 Å². The third-order valence-electron chi connectivity index (χ3n) is 21.5. The lowest BCUT2D eigenvalue weighted by molar-refractivity contribution is 1.07. The van der Waals surface area contributed by atoms with Crippen molar-refractivity contribution in [2.75, 3.05) is 0 Å². The van der Waals surface area contributed by atoms with Gasteiger partial charge in [0.15, 0.2) is 34.9 Å². The smallest absolute Gasteiger partial charge is 0.164 e. The van der Waals surface area contributed by atoms with Crippen LogP contribution in [0.4, 0.5) is 0 Å². The van der Waals surface area contributed by atoms with Crippen molar-refractivity contribution < 1.29 is 0 Å². The van der Waals surface area contributed by atoms with Gasteiger partial charge in [0.25, 0.3) is 0 Å². The zero-order chi connectivity index (χ0) is 72.7. The van der Waals surface area contributed by atoms with Gasteiger partial charge in [-0.2, -0.15) is 0 Å². The molecule has 4 heterocycles. The van der Waals surface area contributed by atoms with Crippen LogP contribution in [-0.4, -0.2) is 46.1 Å². The standard InChI is InChI=1S/C53H39N3Si.C47H35N3Si/c1-57(2)48-27-10-9-25-47(48)50-46(26-14-28-49(50)57)44-23-12-22-43(34-44)42-21-11-19-40(33-42)37-29-31-39(32-30-37)52-54-51(38-17-7-4-8-18-38)55-53(56-52)45-24-13-20-41(35-45)36-15-5-3-6-16-36;1-51(2)42-18-10-9-16-41(42)44-40(17-11-19-43(44)51)36-28-24-34(25-29-36)32-20-22-33(23-21-32)35-26-30-39(31-27-35)47-49-45(37-12-5-3-6-13-37)48-46(50-47)38-14-7-4-8-15-38/h3-35H,1-2H3;3-31H,1-2H3. The Bertz CT molecular complexity index is 6130. The van der Waals surface area contributed by atoms with Crippen LogP contribution in [0.3, 0.4) is 0 Å². The summed E-state index contributed by atoms with van der Waals surface area (Å²) < 4.78 is 0. The van der Waals surface area contributed by atoms with Gasteiger partial charge in [0, 0.05) is 33.4 Å². The Kier molecular flexibility index (Phi) is 17.5. The van der Waals surface area contributed by atoms with E-state index in [0.717, 1.165) is 66.8 Å². The van der Waals surface area contributed by atoms with E-state index in [2.05, 4.69) is 305 Å². The van der Waals surface area contributed by atoms with Crippen molar-refractivity contribution in [1.29, 1.82) is 0 Å². The first-order valence-corrected chi connectivity index (χ1v) is 43.0. The molecule has 0 fully saturated rings. The molecule has 8 heteroatoms. The van der Waals surface area contributed by atoms with E-state index in [9.17, 15) is 0 Å². The molecule has 15 aromatic carbocycles. The summed E-state index contributed by atoms with van der Waals surface area (Å²) >= 11 is 0. The lowest BCUT2D eigenvalue weighted by Crippen LogP contribution is -2.49. The second-order valence-corrected chi connectivity index (χ2v) is 37.6. The number of hydrogen-bond acceptors (Lipinski definition) is 6. The summed E-state index contributed by atoms with van der Waals surface area (Å²) in [4.78, 5) is 29.6. The first-order chi connectivity index (χ1) is 53.0. The Labute approximate surface area is 633 Å². The van der Waals surface area contributed by atoms with E-state index < -0.39 is 16.1 Å². The lowest BCUT2D eigenvalue weighted by Gasteiger charge is -2.19. The predicted octanol–water partition coefficient (Wildman–Crippen LogP) is 23.0. The van der Waals surface area contributed by atoms with Gasteiger partial charge in [-0.1, -0.05) is 384 Å². The highest BCUT2D eigenvalue weighted by atomic mass is 28.3. The minimum Gasteiger partial charge on any atom is -0.208 e. The molecule has 0 N–H and O–H groups in total. The van der Waals surface area contributed by atoms with Crippen molar-refractivity contribution in [3.05, 3.63) is 376 Å². The van der Waals surface area contributed by atoms with Crippen LogP contribution in [0.2, 0.25) is 26.2 Å². The molecule has 19 rings (SSSR count). The van der Waals surface area contributed by atoms with E-state index in [4.69, 9.17) is 29.9 Å². The third kappa shape index (κ3) is 12.8. The molecule has 0 radical (unpaired) electrons. The Morgan fingerprint density at radius 1 is 0.148 bits per heavy atom. The molecule has 0 unspecified atom stereocenters. The second kappa shape index (κ2) is 28.3. The molecule has 0 bridgehead atoms. The molecule has 512 valence electrons.